The number of nitrogens with zero attached hydrogens (tertiary/aromatic N) is 1. The minimum Gasteiger partial charge on any atom is -0.507 e. The molecule has 0 radical (unpaired) electrons. The van der Waals surface area contributed by atoms with E-state index < -0.39 is 5.97 Å². The van der Waals surface area contributed by atoms with Crippen LogP contribution in [0.15, 0.2) is 18.2 Å². The van der Waals surface area contributed by atoms with Crippen molar-refractivity contribution in [3.05, 3.63) is 29.5 Å². The second-order valence-electron chi connectivity index (χ2n) is 4.98. The molecule has 0 bridgehead atoms. The van der Waals surface area contributed by atoms with Gasteiger partial charge in [-0.15, -0.1) is 0 Å². The number of benzene rings is 1. The van der Waals surface area contributed by atoms with Gasteiger partial charge in [0.25, 0.3) is 0 Å². The van der Waals surface area contributed by atoms with E-state index in [9.17, 15) is 15.0 Å². The number of hydrogen-bond acceptors (Lipinski definition) is 6. The lowest BCUT2D eigenvalue weighted by Crippen LogP contribution is -2.43. The normalized spacial score (nSPS) is 18.8. The van der Waals surface area contributed by atoms with Crippen LogP contribution in [0.25, 0.3) is 10.9 Å². The molecule has 110 valence electrons. The van der Waals surface area contributed by atoms with Gasteiger partial charge in [-0.05, 0) is 12.1 Å². The van der Waals surface area contributed by atoms with E-state index in [1.807, 2.05) is 0 Å². The summed E-state index contributed by atoms with van der Waals surface area (Å²) in [6, 6.07) is 4.71. The van der Waals surface area contributed by atoms with Gasteiger partial charge >= 0.3 is 5.97 Å². The number of aromatic hydroxyl groups is 1. The molecule has 0 saturated carbocycles. The molecule has 1 saturated heterocycles. The van der Waals surface area contributed by atoms with Crippen LogP contribution < -0.4 is 16.4 Å². The summed E-state index contributed by atoms with van der Waals surface area (Å²) in [5.74, 6) is -1.26. The molecule has 0 spiro atoms. The summed E-state index contributed by atoms with van der Waals surface area (Å²) in [6.07, 6.45) is 0. The number of aromatic nitrogens is 1. The second-order valence-corrected chi connectivity index (χ2v) is 4.98. The molecule has 7 nitrogen and oxygen atoms in total. The summed E-state index contributed by atoms with van der Waals surface area (Å²) < 4.78 is 0. The number of carboxylic acids is 1. The fourth-order valence-electron chi connectivity index (χ4n) is 2.66. The van der Waals surface area contributed by atoms with Gasteiger partial charge in [-0.25, -0.2) is 9.78 Å². The Bertz CT molecular complexity index is 711. The topological polar surface area (TPSA) is 120 Å². The SMILES string of the molecule is Nc1cccc2c(O)c(C3CNCCN3)c(C(=O)O)nc12. The summed E-state index contributed by atoms with van der Waals surface area (Å²) in [5.41, 5.74) is 6.60. The third kappa shape index (κ3) is 2.26. The number of pyridine rings is 1. The van der Waals surface area contributed by atoms with Crippen molar-refractivity contribution in [3.8, 4) is 5.75 Å². The average Bonchev–Trinajstić information content (AvgIpc) is 2.48. The molecule has 0 aliphatic carbocycles. The molecule has 7 heteroatoms. The van der Waals surface area contributed by atoms with E-state index in [0.29, 0.717) is 35.2 Å². The Labute approximate surface area is 120 Å². The quantitative estimate of drug-likeness (QED) is 0.509. The number of hydrogen-bond donors (Lipinski definition) is 5. The van der Waals surface area contributed by atoms with Crippen LogP contribution in [0.5, 0.6) is 5.75 Å². The van der Waals surface area contributed by atoms with Crippen molar-refractivity contribution < 1.29 is 15.0 Å². The lowest BCUT2D eigenvalue weighted by molar-refractivity contribution is 0.0688. The van der Waals surface area contributed by atoms with Crippen molar-refractivity contribution in [2.75, 3.05) is 25.4 Å². The molecule has 1 unspecified atom stereocenters. The van der Waals surface area contributed by atoms with Gasteiger partial charge in [-0.2, -0.15) is 0 Å². The highest BCUT2D eigenvalue weighted by Crippen LogP contribution is 2.36. The summed E-state index contributed by atoms with van der Waals surface area (Å²) in [4.78, 5) is 15.7. The van der Waals surface area contributed by atoms with Gasteiger partial charge in [0.15, 0.2) is 5.69 Å². The zero-order valence-corrected chi connectivity index (χ0v) is 11.3. The van der Waals surface area contributed by atoms with E-state index in [4.69, 9.17) is 5.73 Å². The highest BCUT2D eigenvalue weighted by molar-refractivity contribution is 5.99. The Morgan fingerprint density at radius 3 is 2.86 bits per heavy atom. The third-order valence-corrected chi connectivity index (χ3v) is 3.65. The van der Waals surface area contributed by atoms with Gasteiger partial charge in [-0.1, -0.05) is 6.07 Å². The van der Waals surface area contributed by atoms with E-state index in [-0.39, 0.29) is 17.5 Å². The van der Waals surface area contributed by atoms with E-state index in [2.05, 4.69) is 15.6 Å². The van der Waals surface area contributed by atoms with Crippen LogP contribution in [0.4, 0.5) is 5.69 Å². The highest BCUT2D eigenvalue weighted by atomic mass is 16.4. The first kappa shape index (κ1) is 13.6. The van der Waals surface area contributed by atoms with E-state index in [0.717, 1.165) is 6.54 Å². The van der Waals surface area contributed by atoms with Crippen molar-refractivity contribution >= 4 is 22.6 Å². The molecule has 1 aliphatic heterocycles. The first-order valence-corrected chi connectivity index (χ1v) is 6.68. The monoisotopic (exact) mass is 288 g/mol. The van der Waals surface area contributed by atoms with Gasteiger partial charge in [0.2, 0.25) is 0 Å². The van der Waals surface area contributed by atoms with Gasteiger partial charge < -0.3 is 26.6 Å². The maximum atomic E-state index is 11.5. The lowest BCUT2D eigenvalue weighted by Gasteiger charge is -2.26. The Kier molecular flexibility index (Phi) is 3.36. The van der Waals surface area contributed by atoms with Crippen LogP contribution in [0, 0.1) is 0 Å². The summed E-state index contributed by atoms with van der Waals surface area (Å²) >= 11 is 0. The number of nitrogens with one attached hydrogen (secondary N) is 2. The summed E-state index contributed by atoms with van der Waals surface area (Å²) in [7, 11) is 0. The predicted octanol–water partition coefficient (Wildman–Crippen LogP) is 0.455. The number of fused-ring (bicyclic) bond motifs is 1. The molecule has 1 fully saturated rings. The molecule has 3 rings (SSSR count). The molecule has 6 N–H and O–H groups in total. The van der Waals surface area contributed by atoms with Crippen LogP contribution >= 0.6 is 0 Å². The van der Waals surface area contributed by atoms with Crippen LogP contribution in [0.1, 0.15) is 22.1 Å². The molecule has 2 aromatic rings. The first-order chi connectivity index (χ1) is 10.1. The van der Waals surface area contributed by atoms with E-state index in [1.165, 1.54) is 0 Å². The molecule has 1 aromatic heterocycles. The third-order valence-electron chi connectivity index (χ3n) is 3.65. The fourth-order valence-corrected chi connectivity index (χ4v) is 2.66. The Morgan fingerprint density at radius 1 is 1.38 bits per heavy atom. The standard InChI is InChI=1S/C14H16N4O3/c15-8-3-1-2-7-11(8)18-12(14(20)21)10(13(7)19)9-6-16-4-5-17-9/h1-3,9,16-17H,4-6,15H2,(H,18,19)(H,20,21). The molecular formula is C14H16N4O3. The Morgan fingerprint density at radius 2 is 2.19 bits per heavy atom. The van der Waals surface area contributed by atoms with Gasteiger partial charge in [0.05, 0.1) is 17.2 Å². The maximum absolute atomic E-state index is 11.5. The van der Waals surface area contributed by atoms with E-state index >= 15 is 0 Å². The Balaban J connectivity index is 2.28. The smallest absolute Gasteiger partial charge is 0.355 e. The number of rotatable bonds is 2. The van der Waals surface area contributed by atoms with Crippen molar-refractivity contribution in [1.82, 2.24) is 15.6 Å². The van der Waals surface area contributed by atoms with Crippen LogP contribution in [0.3, 0.4) is 0 Å². The van der Waals surface area contributed by atoms with Crippen LogP contribution in [-0.2, 0) is 0 Å². The largest absolute Gasteiger partial charge is 0.507 e. The second kappa shape index (κ2) is 5.19. The molecular weight excluding hydrogens is 272 g/mol. The summed E-state index contributed by atoms with van der Waals surface area (Å²) in [5, 5.41) is 26.8. The van der Waals surface area contributed by atoms with Crippen LogP contribution in [0.2, 0.25) is 0 Å². The number of piperazine rings is 1. The fraction of sp³-hybridized carbons (Fsp3) is 0.286. The Hall–Kier alpha value is -2.38. The van der Waals surface area contributed by atoms with Crippen LogP contribution in [-0.4, -0.2) is 40.8 Å². The van der Waals surface area contributed by atoms with Gasteiger partial charge in [0, 0.05) is 30.6 Å². The number of carboxylic acid groups (broad SMARTS) is 1. The number of anilines is 1. The number of para-hydroxylation sites is 1. The first-order valence-electron chi connectivity index (χ1n) is 6.68. The van der Waals surface area contributed by atoms with Crippen molar-refractivity contribution in [1.29, 1.82) is 0 Å². The molecule has 1 atom stereocenters. The van der Waals surface area contributed by atoms with Gasteiger partial charge in [0.1, 0.15) is 5.75 Å². The lowest BCUT2D eigenvalue weighted by atomic mass is 9.98. The minimum absolute atomic E-state index is 0.0779. The average molecular weight is 288 g/mol. The molecule has 21 heavy (non-hydrogen) atoms. The summed E-state index contributed by atoms with van der Waals surface area (Å²) in [6.45, 7) is 2.02. The number of nitrogen functional groups attached to an aromatic ring is 1. The zero-order valence-electron chi connectivity index (χ0n) is 11.3. The van der Waals surface area contributed by atoms with Crippen molar-refractivity contribution in [3.63, 3.8) is 0 Å². The molecule has 1 aliphatic rings. The predicted molar refractivity (Wildman–Crippen MR) is 78.4 cm³/mol. The zero-order chi connectivity index (χ0) is 15.0. The highest BCUT2D eigenvalue weighted by Gasteiger charge is 2.27. The van der Waals surface area contributed by atoms with Gasteiger partial charge in [-0.3, -0.25) is 0 Å². The number of nitrogens with two attached hydrogens (primary N) is 1. The molecule has 0 amide bonds. The molecule has 1 aromatic carbocycles. The maximum Gasteiger partial charge on any atom is 0.355 e. The minimum atomic E-state index is -1.18. The number of aromatic carboxylic acids is 1. The number of carbonyl (C=O) groups is 1. The van der Waals surface area contributed by atoms with Crippen molar-refractivity contribution in [2.45, 2.75) is 6.04 Å². The van der Waals surface area contributed by atoms with E-state index in [1.54, 1.807) is 18.2 Å². The molecule has 2 heterocycles. The van der Waals surface area contributed by atoms with Crippen molar-refractivity contribution in [2.24, 2.45) is 0 Å².